The van der Waals surface area contributed by atoms with Crippen LogP contribution in [0.1, 0.15) is 29.8 Å². The summed E-state index contributed by atoms with van der Waals surface area (Å²) >= 11 is 6.25. The fraction of sp³-hybridized carbons (Fsp3) is 0.267. The van der Waals surface area contributed by atoms with Gasteiger partial charge in [-0.2, -0.15) is 5.26 Å². The number of hydrogen-bond donors (Lipinski definition) is 0. The topological polar surface area (TPSA) is 49.6 Å². The normalized spacial score (nSPS) is 13.6. The Labute approximate surface area is 117 Å². The van der Waals surface area contributed by atoms with Crippen LogP contribution >= 0.6 is 11.6 Å². The van der Waals surface area contributed by atoms with Gasteiger partial charge in [-0.3, -0.25) is 0 Å². The molecule has 0 aliphatic heterocycles. The van der Waals surface area contributed by atoms with E-state index in [1.165, 1.54) is 0 Å². The van der Waals surface area contributed by atoms with Gasteiger partial charge >= 0.3 is 0 Å². The van der Waals surface area contributed by atoms with E-state index in [1.807, 2.05) is 38.1 Å². The number of nitrogens with zero attached hydrogens (tertiary/aromatic N) is 3. The standard InChI is InChI=1S/C15H14ClN3/c1-10(7-17)15(12-8-18-11(2)19-9-12)13-5-3-4-6-14(13)16/h3-6,8-10,15H,1-2H3. The Morgan fingerprint density at radius 3 is 2.42 bits per heavy atom. The van der Waals surface area contributed by atoms with E-state index in [0.29, 0.717) is 10.8 Å². The quantitative estimate of drug-likeness (QED) is 0.855. The molecule has 0 saturated carbocycles. The average molecular weight is 272 g/mol. The predicted molar refractivity (Wildman–Crippen MR) is 74.8 cm³/mol. The van der Waals surface area contributed by atoms with Crippen LogP contribution in [0.25, 0.3) is 0 Å². The van der Waals surface area contributed by atoms with Crippen molar-refractivity contribution in [2.75, 3.05) is 0 Å². The SMILES string of the molecule is Cc1ncc(C(c2ccccc2Cl)C(C)C#N)cn1. The zero-order chi connectivity index (χ0) is 13.8. The first-order chi connectivity index (χ1) is 9.13. The van der Waals surface area contributed by atoms with Crippen LogP contribution in [-0.2, 0) is 0 Å². The van der Waals surface area contributed by atoms with E-state index < -0.39 is 0 Å². The minimum absolute atomic E-state index is 0.112. The summed E-state index contributed by atoms with van der Waals surface area (Å²) in [5.74, 6) is 0.400. The molecule has 0 bridgehead atoms. The zero-order valence-corrected chi connectivity index (χ0v) is 11.6. The Hall–Kier alpha value is -1.92. The van der Waals surface area contributed by atoms with Gasteiger partial charge in [-0.1, -0.05) is 29.8 Å². The van der Waals surface area contributed by atoms with Gasteiger partial charge in [0.1, 0.15) is 5.82 Å². The van der Waals surface area contributed by atoms with E-state index in [-0.39, 0.29) is 11.8 Å². The third-order valence-corrected chi connectivity index (χ3v) is 3.45. The second-order valence-electron chi connectivity index (χ2n) is 4.48. The first kappa shape index (κ1) is 13.5. The smallest absolute Gasteiger partial charge is 0.125 e. The zero-order valence-electron chi connectivity index (χ0n) is 10.8. The summed E-state index contributed by atoms with van der Waals surface area (Å²) in [6.07, 6.45) is 3.54. The van der Waals surface area contributed by atoms with E-state index in [0.717, 1.165) is 11.1 Å². The molecule has 0 fully saturated rings. The average Bonchev–Trinajstić information content (AvgIpc) is 2.43. The summed E-state index contributed by atoms with van der Waals surface area (Å²) in [4.78, 5) is 8.42. The van der Waals surface area contributed by atoms with E-state index in [2.05, 4.69) is 16.0 Å². The van der Waals surface area contributed by atoms with Crippen LogP contribution in [0, 0.1) is 24.2 Å². The van der Waals surface area contributed by atoms with Crippen molar-refractivity contribution in [2.24, 2.45) is 5.92 Å². The number of hydrogen-bond acceptors (Lipinski definition) is 3. The van der Waals surface area contributed by atoms with Gasteiger partial charge in [0.25, 0.3) is 0 Å². The Morgan fingerprint density at radius 1 is 1.21 bits per heavy atom. The van der Waals surface area contributed by atoms with Gasteiger partial charge in [0.2, 0.25) is 0 Å². The predicted octanol–water partition coefficient (Wildman–Crippen LogP) is 3.73. The Balaban J connectivity index is 2.51. The van der Waals surface area contributed by atoms with Crippen LogP contribution in [0.3, 0.4) is 0 Å². The number of benzene rings is 1. The van der Waals surface area contributed by atoms with Crippen LogP contribution < -0.4 is 0 Å². The number of nitriles is 1. The molecular weight excluding hydrogens is 258 g/mol. The lowest BCUT2D eigenvalue weighted by Gasteiger charge is -2.20. The monoisotopic (exact) mass is 271 g/mol. The lowest BCUT2D eigenvalue weighted by Crippen LogP contribution is -2.11. The third-order valence-electron chi connectivity index (χ3n) is 3.10. The maximum Gasteiger partial charge on any atom is 0.125 e. The van der Waals surface area contributed by atoms with Crippen molar-refractivity contribution in [2.45, 2.75) is 19.8 Å². The number of aromatic nitrogens is 2. The first-order valence-electron chi connectivity index (χ1n) is 6.06. The van der Waals surface area contributed by atoms with E-state index in [1.54, 1.807) is 12.4 Å². The fourth-order valence-electron chi connectivity index (χ4n) is 2.10. The molecule has 1 aromatic heterocycles. The molecule has 4 heteroatoms. The molecule has 2 unspecified atom stereocenters. The second kappa shape index (κ2) is 5.81. The molecule has 0 aliphatic rings. The highest BCUT2D eigenvalue weighted by atomic mass is 35.5. The highest BCUT2D eigenvalue weighted by Gasteiger charge is 2.23. The number of aryl methyl sites for hydroxylation is 1. The van der Waals surface area contributed by atoms with Crippen molar-refractivity contribution in [1.29, 1.82) is 5.26 Å². The van der Waals surface area contributed by atoms with Crippen molar-refractivity contribution in [1.82, 2.24) is 9.97 Å². The summed E-state index contributed by atoms with van der Waals surface area (Å²) in [5, 5.41) is 9.90. The summed E-state index contributed by atoms with van der Waals surface area (Å²) in [6, 6.07) is 9.88. The maximum atomic E-state index is 9.24. The minimum Gasteiger partial charge on any atom is -0.241 e. The summed E-state index contributed by atoms with van der Waals surface area (Å²) in [5.41, 5.74) is 1.85. The molecule has 1 aromatic carbocycles. The third kappa shape index (κ3) is 2.91. The molecule has 2 atom stereocenters. The molecule has 0 saturated heterocycles. The lowest BCUT2D eigenvalue weighted by molar-refractivity contribution is 0.631. The van der Waals surface area contributed by atoms with Gasteiger partial charge in [0, 0.05) is 23.3 Å². The van der Waals surface area contributed by atoms with Gasteiger partial charge in [-0.05, 0) is 31.0 Å². The van der Waals surface area contributed by atoms with Crippen LogP contribution in [0.5, 0.6) is 0 Å². The van der Waals surface area contributed by atoms with Gasteiger partial charge in [-0.15, -0.1) is 0 Å². The summed E-state index contributed by atoms with van der Waals surface area (Å²) in [6.45, 7) is 3.72. The van der Waals surface area contributed by atoms with Crippen LogP contribution in [-0.4, -0.2) is 9.97 Å². The van der Waals surface area contributed by atoms with Crippen LogP contribution in [0.15, 0.2) is 36.7 Å². The van der Waals surface area contributed by atoms with Gasteiger partial charge < -0.3 is 0 Å². The van der Waals surface area contributed by atoms with Gasteiger partial charge in [-0.25, -0.2) is 9.97 Å². The van der Waals surface area contributed by atoms with E-state index >= 15 is 0 Å². The largest absolute Gasteiger partial charge is 0.241 e. The van der Waals surface area contributed by atoms with Gasteiger partial charge in [0.05, 0.1) is 12.0 Å². The molecule has 0 amide bonds. The minimum atomic E-state index is -0.203. The molecule has 19 heavy (non-hydrogen) atoms. The maximum absolute atomic E-state index is 9.24. The van der Waals surface area contributed by atoms with Crippen molar-refractivity contribution in [3.63, 3.8) is 0 Å². The molecule has 3 nitrogen and oxygen atoms in total. The van der Waals surface area contributed by atoms with Crippen molar-refractivity contribution >= 4 is 11.6 Å². The lowest BCUT2D eigenvalue weighted by atomic mass is 9.83. The number of rotatable bonds is 3. The molecule has 0 spiro atoms. The molecule has 96 valence electrons. The summed E-state index contributed by atoms with van der Waals surface area (Å²) < 4.78 is 0. The Bertz CT molecular complexity index is 602. The fourth-order valence-corrected chi connectivity index (χ4v) is 2.36. The second-order valence-corrected chi connectivity index (χ2v) is 4.89. The highest BCUT2D eigenvalue weighted by molar-refractivity contribution is 6.31. The van der Waals surface area contributed by atoms with Crippen molar-refractivity contribution in [3.8, 4) is 6.07 Å². The molecule has 0 aliphatic carbocycles. The molecular formula is C15H14ClN3. The van der Waals surface area contributed by atoms with E-state index in [9.17, 15) is 5.26 Å². The molecule has 2 aromatic rings. The highest BCUT2D eigenvalue weighted by Crippen LogP contribution is 2.35. The van der Waals surface area contributed by atoms with Gasteiger partial charge in [0.15, 0.2) is 0 Å². The molecule has 2 rings (SSSR count). The van der Waals surface area contributed by atoms with Crippen LogP contribution in [0.2, 0.25) is 5.02 Å². The summed E-state index contributed by atoms with van der Waals surface area (Å²) in [7, 11) is 0. The van der Waals surface area contributed by atoms with Crippen LogP contribution in [0.4, 0.5) is 0 Å². The Morgan fingerprint density at radius 2 is 1.84 bits per heavy atom. The molecule has 1 heterocycles. The number of halogens is 1. The molecule has 0 radical (unpaired) electrons. The Kier molecular flexibility index (Phi) is 4.13. The first-order valence-corrected chi connectivity index (χ1v) is 6.44. The molecule has 0 N–H and O–H groups in total. The van der Waals surface area contributed by atoms with Crippen molar-refractivity contribution < 1.29 is 0 Å². The van der Waals surface area contributed by atoms with E-state index in [4.69, 9.17) is 11.6 Å². The van der Waals surface area contributed by atoms with Crippen molar-refractivity contribution in [3.05, 3.63) is 58.6 Å².